The predicted octanol–water partition coefficient (Wildman–Crippen LogP) is 6.30. The van der Waals surface area contributed by atoms with E-state index < -0.39 is 0 Å². The van der Waals surface area contributed by atoms with Crippen molar-refractivity contribution in [3.8, 4) is 0 Å². The molecule has 34 heavy (non-hydrogen) atoms. The molecule has 5 atom stereocenters. The van der Waals surface area contributed by atoms with Crippen LogP contribution in [0.25, 0.3) is 5.78 Å². The molecule has 6 heteroatoms. The molecule has 0 amide bonds. The van der Waals surface area contributed by atoms with Crippen molar-refractivity contribution in [2.45, 2.75) is 104 Å². The summed E-state index contributed by atoms with van der Waals surface area (Å²) in [5.41, 5.74) is 3.74. The maximum absolute atomic E-state index is 6.19. The molecule has 0 radical (unpaired) electrons. The molecule has 188 valence electrons. The van der Waals surface area contributed by atoms with E-state index in [2.05, 4.69) is 28.8 Å². The third kappa shape index (κ3) is 5.31. The van der Waals surface area contributed by atoms with E-state index in [1.165, 1.54) is 95.0 Å². The molecule has 2 aromatic rings. The fourth-order valence-corrected chi connectivity index (χ4v) is 7.74. The van der Waals surface area contributed by atoms with Crippen molar-refractivity contribution in [2.24, 2.45) is 23.7 Å². The minimum atomic E-state index is 0.731. The van der Waals surface area contributed by atoms with Crippen LogP contribution in [0.1, 0.15) is 93.4 Å². The molecule has 0 aromatic carbocycles. The van der Waals surface area contributed by atoms with E-state index in [4.69, 9.17) is 16.6 Å². The topological polar surface area (TPSA) is 46.3 Å². The quantitative estimate of drug-likeness (QED) is 0.368. The first kappa shape index (κ1) is 24.5. The summed E-state index contributed by atoms with van der Waals surface area (Å²) >= 11 is 6.19. The molecule has 2 aromatic heterocycles. The summed E-state index contributed by atoms with van der Waals surface area (Å²) in [4.78, 5) is 12.1. The van der Waals surface area contributed by atoms with Gasteiger partial charge in [-0.3, -0.25) is 0 Å². The number of aromatic nitrogens is 4. The summed E-state index contributed by atoms with van der Waals surface area (Å²) in [6, 6.07) is 0.803. The highest BCUT2D eigenvalue weighted by Gasteiger charge is 2.33. The zero-order valence-electron chi connectivity index (χ0n) is 21.6. The van der Waals surface area contributed by atoms with Crippen LogP contribution in [0.4, 0.5) is 0 Å². The van der Waals surface area contributed by atoms with Gasteiger partial charge in [0.15, 0.2) is 0 Å². The summed E-state index contributed by atoms with van der Waals surface area (Å²) < 4.78 is 1.94. The average Bonchev–Trinajstić information content (AvgIpc) is 3.24. The number of likely N-dealkylation sites (tertiary alicyclic amines) is 1. The van der Waals surface area contributed by atoms with Gasteiger partial charge in [-0.25, -0.2) is 9.50 Å². The Balaban J connectivity index is 1.17. The molecule has 2 aliphatic carbocycles. The van der Waals surface area contributed by atoms with Gasteiger partial charge in [0.2, 0.25) is 0 Å². The Morgan fingerprint density at radius 2 is 1.59 bits per heavy atom. The minimum absolute atomic E-state index is 0.731. The second-order valence-corrected chi connectivity index (χ2v) is 12.0. The highest BCUT2D eigenvalue weighted by atomic mass is 35.5. The summed E-state index contributed by atoms with van der Waals surface area (Å²) in [5, 5.41) is 4.57. The maximum Gasteiger partial charge on any atom is 0.252 e. The van der Waals surface area contributed by atoms with Gasteiger partial charge in [-0.1, -0.05) is 25.7 Å². The zero-order valence-corrected chi connectivity index (χ0v) is 22.4. The minimum Gasteiger partial charge on any atom is -0.300 e. The van der Waals surface area contributed by atoms with E-state index in [-0.39, 0.29) is 0 Å². The Morgan fingerprint density at radius 3 is 2.38 bits per heavy atom. The van der Waals surface area contributed by atoms with Crippen molar-refractivity contribution < 1.29 is 0 Å². The third-order valence-corrected chi connectivity index (χ3v) is 9.92. The van der Waals surface area contributed by atoms with Crippen LogP contribution in [-0.4, -0.2) is 49.5 Å². The van der Waals surface area contributed by atoms with Gasteiger partial charge in [0.05, 0.1) is 0 Å². The molecule has 5 rings (SSSR count). The van der Waals surface area contributed by atoms with Crippen LogP contribution in [0.3, 0.4) is 0 Å². The maximum atomic E-state index is 6.19. The summed E-state index contributed by atoms with van der Waals surface area (Å²) in [6.45, 7) is 8.81. The molecular formula is C28H44ClN5. The van der Waals surface area contributed by atoms with Crippen molar-refractivity contribution in [1.29, 1.82) is 0 Å². The highest BCUT2D eigenvalue weighted by Crippen LogP contribution is 2.40. The molecule has 2 saturated carbocycles. The summed E-state index contributed by atoms with van der Waals surface area (Å²) in [6.07, 6.45) is 16.6. The van der Waals surface area contributed by atoms with Crippen LogP contribution in [0.2, 0.25) is 0 Å². The predicted molar refractivity (Wildman–Crippen MR) is 140 cm³/mol. The van der Waals surface area contributed by atoms with Gasteiger partial charge < -0.3 is 4.90 Å². The highest BCUT2D eigenvalue weighted by molar-refractivity contribution is 6.18. The molecule has 5 unspecified atom stereocenters. The monoisotopic (exact) mass is 485 g/mol. The van der Waals surface area contributed by atoms with Gasteiger partial charge in [-0.05, 0) is 108 Å². The lowest BCUT2D eigenvalue weighted by atomic mass is 9.81. The number of halogens is 1. The largest absolute Gasteiger partial charge is 0.300 e. The molecule has 3 heterocycles. The van der Waals surface area contributed by atoms with Crippen LogP contribution < -0.4 is 0 Å². The van der Waals surface area contributed by atoms with E-state index in [1.807, 2.05) is 11.4 Å². The fourth-order valence-electron chi connectivity index (χ4n) is 7.43. The van der Waals surface area contributed by atoms with Crippen LogP contribution in [0.15, 0.2) is 0 Å². The van der Waals surface area contributed by atoms with Gasteiger partial charge in [0.1, 0.15) is 5.82 Å². The molecule has 1 aliphatic heterocycles. The zero-order chi connectivity index (χ0) is 23.7. The Bertz CT molecular complexity index is 971. The van der Waals surface area contributed by atoms with Crippen LogP contribution in [-0.2, 0) is 6.42 Å². The van der Waals surface area contributed by atoms with Gasteiger partial charge in [-0.15, -0.1) is 11.6 Å². The van der Waals surface area contributed by atoms with E-state index in [0.717, 1.165) is 59.3 Å². The molecule has 0 bridgehead atoms. The van der Waals surface area contributed by atoms with Crippen molar-refractivity contribution in [1.82, 2.24) is 24.5 Å². The first-order chi connectivity index (χ1) is 16.5. The molecule has 1 saturated heterocycles. The van der Waals surface area contributed by atoms with E-state index >= 15 is 0 Å². The second kappa shape index (κ2) is 10.8. The average molecular weight is 486 g/mol. The fraction of sp³-hybridized carbons (Fsp3) is 0.821. The normalized spacial score (nSPS) is 31.6. The lowest BCUT2D eigenvalue weighted by molar-refractivity contribution is 0.205. The van der Waals surface area contributed by atoms with Crippen LogP contribution in [0, 0.1) is 44.4 Å². The molecular weight excluding hydrogens is 442 g/mol. The number of fused-ring (bicyclic) bond motifs is 1. The number of aryl methyl sites for hydroxylation is 3. The first-order valence-electron chi connectivity index (χ1n) is 14.0. The number of hydrogen-bond acceptors (Lipinski definition) is 4. The lowest BCUT2D eigenvalue weighted by Crippen LogP contribution is -2.33. The van der Waals surface area contributed by atoms with Gasteiger partial charge in [0.25, 0.3) is 5.78 Å². The van der Waals surface area contributed by atoms with E-state index in [9.17, 15) is 0 Å². The van der Waals surface area contributed by atoms with Crippen molar-refractivity contribution in [3.05, 3.63) is 22.8 Å². The number of hydrogen-bond donors (Lipinski definition) is 0. The Hall–Kier alpha value is -1.20. The van der Waals surface area contributed by atoms with Gasteiger partial charge in [-0.2, -0.15) is 10.1 Å². The summed E-state index contributed by atoms with van der Waals surface area (Å²) in [7, 11) is 0. The van der Waals surface area contributed by atoms with Gasteiger partial charge >= 0.3 is 0 Å². The number of nitrogens with zero attached hydrogens (tertiary/aromatic N) is 5. The third-order valence-electron chi connectivity index (χ3n) is 9.48. The Labute approximate surface area is 211 Å². The van der Waals surface area contributed by atoms with Crippen molar-refractivity contribution in [2.75, 3.05) is 19.0 Å². The summed E-state index contributed by atoms with van der Waals surface area (Å²) in [5.74, 6) is 5.85. The van der Waals surface area contributed by atoms with Crippen LogP contribution in [0.5, 0.6) is 0 Å². The smallest absolute Gasteiger partial charge is 0.252 e. The van der Waals surface area contributed by atoms with E-state index in [1.54, 1.807) is 0 Å². The standard InChI is InChI=1S/C28H44ClN5/c1-19-27(20(2)34-28(30-19)31-21(3)32-34)16-23-14-15-33(18-23)26-9-5-8-25(12-13-26)24-7-4-6-22(17-29)10-11-24/h22-26H,4-18H2,1-3H3. The van der Waals surface area contributed by atoms with Gasteiger partial charge in [0, 0.05) is 29.9 Å². The molecule has 5 nitrogen and oxygen atoms in total. The molecule has 3 fully saturated rings. The second-order valence-electron chi connectivity index (χ2n) is 11.7. The number of rotatable bonds is 5. The van der Waals surface area contributed by atoms with Crippen molar-refractivity contribution >= 4 is 17.4 Å². The first-order valence-corrected chi connectivity index (χ1v) is 14.5. The SMILES string of the molecule is Cc1nc2nc(C)c(CC3CCN(C4CCCC(C5CCCC(CCl)CC5)CC4)C3)c(C)n2n1. The number of alkyl halides is 1. The van der Waals surface area contributed by atoms with E-state index in [0.29, 0.717) is 0 Å². The molecule has 0 spiro atoms. The Morgan fingerprint density at radius 1 is 0.824 bits per heavy atom. The Kier molecular flexibility index (Phi) is 7.79. The molecule has 0 N–H and O–H groups in total. The molecule has 3 aliphatic rings. The van der Waals surface area contributed by atoms with Crippen LogP contribution >= 0.6 is 11.6 Å². The van der Waals surface area contributed by atoms with Crippen molar-refractivity contribution in [3.63, 3.8) is 0 Å². The lowest BCUT2D eigenvalue weighted by Gasteiger charge is -2.28.